The van der Waals surface area contributed by atoms with Crippen LogP contribution < -0.4 is 16.4 Å². The van der Waals surface area contributed by atoms with Gasteiger partial charge >= 0.3 is 0 Å². The van der Waals surface area contributed by atoms with Crippen LogP contribution in [0.3, 0.4) is 0 Å². The molecule has 138 valence electrons. The van der Waals surface area contributed by atoms with Gasteiger partial charge in [0.15, 0.2) is 0 Å². The van der Waals surface area contributed by atoms with Crippen LogP contribution in [-0.4, -0.2) is 54.3 Å². The zero-order valence-corrected chi connectivity index (χ0v) is 15.1. The Labute approximate surface area is 144 Å². The van der Waals surface area contributed by atoms with E-state index in [-0.39, 0.29) is 23.6 Å². The molecule has 1 saturated heterocycles. The maximum atomic E-state index is 12.5. The number of nitrogens with zero attached hydrogens (tertiary/aromatic N) is 1. The van der Waals surface area contributed by atoms with E-state index in [0.29, 0.717) is 32.5 Å². The topological polar surface area (TPSA) is 105 Å². The van der Waals surface area contributed by atoms with Crippen molar-refractivity contribution in [1.82, 2.24) is 15.5 Å². The second kappa shape index (κ2) is 10.3. The second-order valence-electron chi connectivity index (χ2n) is 6.85. The van der Waals surface area contributed by atoms with E-state index in [4.69, 9.17) is 5.73 Å². The van der Waals surface area contributed by atoms with Crippen LogP contribution in [0.5, 0.6) is 0 Å². The number of nitrogens with one attached hydrogen (secondary N) is 2. The number of carbonyl (C=O) groups excluding carboxylic acids is 3. The van der Waals surface area contributed by atoms with Crippen molar-refractivity contribution >= 4 is 17.7 Å². The zero-order valence-electron chi connectivity index (χ0n) is 15.1. The number of hydrogen-bond acceptors (Lipinski definition) is 4. The summed E-state index contributed by atoms with van der Waals surface area (Å²) < 4.78 is 0. The highest BCUT2D eigenvalue weighted by Gasteiger charge is 2.34. The highest BCUT2D eigenvalue weighted by molar-refractivity contribution is 5.92. The lowest BCUT2D eigenvalue weighted by Gasteiger charge is -2.26. The van der Waals surface area contributed by atoms with Crippen molar-refractivity contribution in [3.63, 3.8) is 0 Å². The summed E-state index contributed by atoms with van der Waals surface area (Å²) >= 11 is 0. The lowest BCUT2D eigenvalue weighted by atomic mass is 10.0. The van der Waals surface area contributed by atoms with Gasteiger partial charge in [-0.05, 0) is 44.6 Å². The van der Waals surface area contributed by atoms with Crippen molar-refractivity contribution in [1.29, 1.82) is 0 Å². The largest absolute Gasteiger partial charge is 0.354 e. The Morgan fingerprint density at radius 1 is 1.25 bits per heavy atom. The molecule has 4 N–H and O–H groups in total. The number of carbonyl (C=O) groups is 3. The molecule has 0 aromatic rings. The standard InChI is InChI=1S/C17H32N4O3/c1-12(2)11-14(16(23)19-9-5-4-8-18)20-17(24)15-7-6-10-21(15)13(3)22/h12,14-15H,4-11,18H2,1-3H3,(H,19,23)(H,20,24)/t14?,15-/m0/s1. The van der Waals surface area contributed by atoms with Crippen LogP contribution in [0.4, 0.5) is 0 Å². The highest BCUT2D eigenvalue weighted by Crippen LogP contribution is 2.18. The Balaban J connectivity index is 2.62. The Kier molecular flexibility index (Phi) is 8.74. The molecule has 1 fully saturated rings. The van der Waals surface area contributed by atoms with E-state index >= 15 is 0 Å². The molecule has 1 aliphatic heterocycles. The van der Waals surface area contributed by atoms with Gasteiger partial charge in [0, 0.05) is 20.0 Å². The molecule has 7 nitrogen and oxygen atoms in total. The Bertz CT molecular complexity index is 440. The average molecular weight is 340 g/mol. The van der Waals surface area contributed by atoms with Crippen LogP contribution in [0.25, 0.3) is 0 Å². The Hall–Kier alpha value is -1.63. The average Bonchev–Trinajstić information content (AvgIpc) is 3.00. The number of likely N-dealkylation sites (tertiary alicyclic amines) is 1. The summed E-state index contributed by atoms with van der Waals surface area (Å²) in [5, 5.41) is 5.71. The van der Waals surface area contributed by atoms with E-state index in [2.05, 4.69) is 10.6 Å². The van der Waals surface area contributed by atoms with Crippen LogP contribution in [0, 0.1) is 5.92 Å². The maximum Gasteiger partial charge on any atom is 0.243 e. The molecule has 0 aromatic heterocycles. The summed E-state index contributed by atoms with van der Waals surface area (Å²) in [4.78, 5) is 38.1. The molecule has 0 radical (unpaired) electrons. The first kappa shape index (κ1) is 20.4. The fourth-order valence-corrected chi connectivity index (χ4v) is 2.99. The normalized spacial score (nSPS) is 18.5. The number of hydrogen-bond donors (Lipinski definition) is 3. The summed E-state index contributed by atoms with van der Waals surface area (Å²) in [7, 11) is 0. The third-order valence-corrected chi connectivity index (χ3v) is 4.23. The summed E-state index contributed by atoms with van der Waals surface area (Å²) in [5.41, 5.74) is 5.44. The molecule has 0 spiro atoms. The number of amides is 3. The first-order valence-electron chi connectivity index (χ1n) is 8.92. The van der Waals surface area contributed by atoms with Crippen LogP contribution >= 0.6 is 0 Å². The van der Waals surface area contributed by atoms with Gasteiger partial charge in [0.2, 0.25) is 17.7 Å². The monoisotopic (exact) mass is 340 g/mol. The van der Waals surface area contributed by atoms with Gasteiger partial charge in [0.05, 0.1) is 0 Å². The first-order chi connectivity index (χ1) is 11.4. The molecule has 2 atom stereocenters. The molecule has 7 heteroatoms. The molecule has 1 heterocycles. The van der Waals surface area contributed by atoms with E-state index < -0.39 is 12.1 Å². The summed E-state index contributed by atoms with van der Waals surface area (Å²) in [5.74, 6) is -0.219. The van der Waals surface area contributed by atoms with Gasteiger partial charge in [0.1, 0.15) is 12.1 Å². The molecule has 3 amide bonds. The molecule has 0 aliphatic carbocycles. The van der Waals surface area contributed by atoms with E-state index in [1.54, 1.807) is 4.90 Å². The lowest BCUT2D eigenvalue weighted by Crippen LogP contribution is -2.53. The van der Waals surface area contributed by atoms with Gasteiger partial charge in [-0.2, -0.15) is 0 Å². The molecule has 1 aliphatic rings. The summed E-state index contributed by atoms with van der Waals surface area (Å²) in [6.07, 6.45) is 3.72. The number of nitrogens with two attached hydrogens (primary N) is 1. The van der Waals surface area contributed by atoms with Crippen molar-refractivity contribution in [3.8, 4) is 0 Å². The third kappa shape index (κ3) is 6.47. The fraction of sp³-hybridized carbons (Fsp3) is 0.824. The molecular formula is C17H32N4O3. The van der Waals surface area contributed by atoms with Crippen LogP contribution in [0.1, 0.15) is 52.9 Å². The van der Waals surface area contributed by atoms with Crippen molar-refractivity contribution in [2.24, 2.45) is 11.7 Å². The maximum absolute atomic E-state index is 12.5. The fourth-order valence-electron chi connectivity index (χ4n) is 2.99. The smallest absolute Gasteiger partial charge is 0.243 e. The SMILES string of the molecule is CC(=O)N1CCC[C@H]1C(=O)NC(CC(C)C)C(=O)NCCCCN. The molecule has 0 saturated carbocycles. The highest BCUT2D eigenvalue weighted by atomic mass is 16.2. The third-order valence-electron chi connectivity index (χ3n) is 4.23. The van der Waals surface area contributed by atoms with Crippen molar-refractivity contribution in [3.05, 3.63) is 0 Å². The van der Waals surface area contributed by atoms with Gasteiger partial charge in [-0.25, -0.2) is 0 Å². The first-order valence-corrected chi connectivity index (χ1v) is 8.92. The Morgan fingerprint density at radius 3 is 2.54 bits per heavy atom. The number of unbranched alkanes of at least 4 members (excludes halogenated alkanes) is 1. The van der Waals surface area contributed by atoms with Gasteiger partial charge in [0.25, 0.3) is 0 Å². The predicted molar refractivity (Wildman–Crippen MR) is 93.1 cm³/mol. The zero-order chi connectivity index (χ0) is 18.1. The Morgan fingerprint density at radius 2 is 1.96 bits per heavy atom. The minimum atomic E-state index is -0.565. The van der Waals surface area contributed by atoms with E-state index in [1.165, 1.54) is 6.92 Å². The van der Waals surface area contributed by atoms with Crippen molar-refractivity contribution in [2.75, 3.05) is 19.6 Å². The lowest BCUT2D eigenvalue weighted by molar-refractivity contribution is -0.138. The summed E-state index contributed by atoms with van der Waals surface area (Å²) in [6, 6.07) is -1.02. The van der Waals surface area contributed by atoms with Gasteiger partial charge in [-0.3, -0.25) is 14.4 Å². The minimum absolute atomic E-state index is 0.0979. The number of rotatable bonds is 9. The molecule has 0 bridgehead atoms. The quantitative estimate of drug-likeness (QED) is 0.528. The van der Waals surface area contributed by atoms with Crippen LogP contribution in [-0.2, 0) is 14.4 Å². The van der Waals surface area contributed by atoms with Gasteiger partial charge in [-0.1, -0.05) is 13.8 Å². The van der Waals surface area contributed by atoms with Crippen LogP contribution in [0.2, 0.25) is 0 Å². The van der Waals surface area contributed by atoms with Crippen molar-refractivity contribution < 1.29 is 14.4 Å². The van der Waals surface area contributed by atoms with Gasteiger partial charge in [-0.15, -0.1) is 0 Å². The van der Waals surface area contributed by atoms with Crippen molar-refractivity contribution in [2.45, 2.75) is 65.0 Å². The predicted octanol–water partition coefficient (Wildman–Crippen LogP) is 0.383. The van der Waals surface area contributed by atoms with E-state index in [1.807, 2.05) is 13.8 Å². The molecule has 24 heavy (non-hydrogen) atoms. The molecule has 1 rings (SSSR count). The minimum Gasteiger partial charge on any atom is -0.354 e. The molecule has 0 aromatic carbocycles. The van der Waals surface area contributed by atoms with E-state index in [9.17, 15) is 14.4 Å². The van der Waals surface area contributed by atoms with Crippen LogP contribution in [0.15, 0.2) is 0 Å². The van der Waals surface area contributed by atoms with Gasteiger partial charge < -0.3 is 21.3 Å². The second-order valence-corrected chi connectivity index (χ2v) is 6.85. The summed E-state index contributed by atoms with van der Waals surface area (Å²) in [6.45, 7) is 7.26. The van der Waals surface area contributed by atoms with E-state index in [0.717, 1.165) is 19.3 Å². The molecular weight excluding hydrogens is 308 g/mol. The molecule has 1 unspecified atom stereocenters.